The lowest BCUT2D eigenvalue weighted by Gasteiger charge is -2.28. The van der Waals surface area contributed by atoms with Gasteiger partial charge in [0.25, 0.3) is 0 Å². The zero-order chi connectivity index (χ0) is 14.7. The van der Waals surface area contributed by atoms with Crippen LogP contribution in [0.3, 0.4) is 0 Å². The Balaban J connectivity index is 1.70. The number of hydrogen-bond acceptors (Lipinski definition) is 6. The van der Waals surface area contributed by atoms with Gasteiger partial charge in [-0.15, -0.1) is 0 Å². The SMILES string of the molecule is Cc1cnc(Nc2ccc(N3CCOCC3)cc2)nc1N. The van der Waals surface area contributed by atoms with Gasteiger partial charge in [0.15, 0.2) is 0 Å². The molecule has 0 atom stereocenters. The van der Waals surface area contributed by atoms with E-state index in [-0.39, 0.29) is 0 Å². The maximum Gasteiger partial charge on any atom is 0.229 e. The second-order valence-corrected chi connectivity index (χ2v) is 5.03. The summed E-state index contributed by atoms with van der Waals surface area (Å²) in [6.07, 6.45) is 1.72. The highest BCUT2D eigenvalue weighted by atomic mass is 16.5. The molecular weight excluding hydrogens is 266 g/mol. The fourth-order valence-corrected chi connectivity index (χ4v) is 2.22. The molecule has 0 unspecified atom stereocenters. The summed E-state index contributed by atoms with van der Waals surface area (Å²) in [5.74, 6) is 1.01. The first-order valence-electron chi connectivity index (χ1n) is 7.01. The normalized spacial score (nSPS) is 15.0. The molecule has 0 radical (unpaired) electrons. The highest BCUT2D eigenvalue weighted by Crippen LogP contribution is 2.21. The molecule has 3 rings (SSSR count). The van der Waals surface area contributed by atoms with Crippen LogP contribution in [0.1, 0.15) is 5.56 Å². The predicted octanol–water partition coefficient (Wildman–Crippen LogP) is 1.95. The van der Waals surface area contributed by atoms with E-state index < -0.39 is 0 Å². The number of aryl methyl sites for hydroxylation is 1. The number of ether oxygens (including phenoxy) is 1. The molecule has 1 aliphatic rings. The summed E-state index contributed by atoms with van der Waals surface area (Å²) in [6.45, 7) is 5.33. The standard InChI is InChI=1S/C15H19N5O/c1-11-10-17-15(19-14(11)16)18-12-2-4-13(5-3-12)20-6-8-21-9-7-20/h2-5,10H,6-9H2,1H3,(H3,16,17,18,19). The highest BCUT2D eigenvalue weighted by molar-refractivity contribution is 5.60. The average Bonchev–Trinajstić information content (AvgIpc) is 2.53. The van der Waals surface area contributed by atoms with E-state index in [0.717, 1.165) is 37.6 Å². The molecule has 110 valence electrons. The zero-order valence-corrected chi connectivity index (χ0v) is 12.0. The third kappa shape index (κ3) is 3.22. The van der Waals surface area contributed by atoms with E-state index in [0.29, 0.717) is 11.8 Å². The number of aromatic nitrogens is 2. The molecule has 21 heavy (non-hydrogen) atoms. The summed E-state index contributed by atoms with van der Waals surface area (Å²) in [4.78, 5) is 10.7. The van der Waals surface area contributed by atoms with Crippen molar-refractivity contribution in [2.45, 2.75) is 6.92 Å². The third-order valence-electron chi connectivity index (χ3n) is 3.51. The molecule has 2 heterocycles. The number of benzene rings is 1. The third-order valence-corrected chi connectivity index (χ3v) is 3.51. The number of nitrogens with one attached hydrogen (secondary N) is 1. The van der Waals surface area contributed by atoms with Crippen LogP contribution in [0.4, 0.5) is 23.1 Å². The fraction of sp³-hybridized carbons (Fsp3) is 0.333. The van der Waals surface area contributed by atoms with Crippen molar-refractivity contribution in [3.05, 3.63) is 36.0 Å². The fourth-order valence-electron chi connectivity index (χ4n) is 2.22. The van der Waals surface area contributed by atoms with E-state index >= 15 is 0 Å². The Morgan fingerprint density at radius 1 is 1.19 bits per heavy atom. The van der Waals surface area contributed by atoms with Gasteiger partial charge in [0.1, 0.15) is 5.82 Å². The van der Waals surface area contributed by atoms with Crippen molar-refractivity contribution in [2.75, 3.05) is 42.3 Å². The minimum atomic E-state index is 0.498. The first-order valence-corrected chi connectivity index (χ1v) is 7.01. The van der Waals surface area contributed by atoms with Gasteiger partial charge >= 0.3 is 0 Å². The van der Waals surface area contributed by atoms with Gasteiger partial charge < -0.3 is 20.7 Å². The van der Waals surface area contributed by atoms with Crippen molar-refractivity contribution >= 4 is 23.1 Å². The lowest BCUT2D eigenvalue weighted by Crippen LogP contribution is -2.36. The van der Waals surface area contributed by atoms with Gasteiger partial charge in [-0.2, -0.15) is 4.98 Å². The van der Waals surface area contributed by atoms with Crippen molar-refractivity contribution in [2.24, 2.45) is 0 Å². The largest absolute Gasteiger partial charge is 0.383 e. The first kappa shape index (κ1) is 13.6. The molecule has 6 nitrogen and oxygen atoms in total. The summed E-state index contributed by atoms with van der Waals surface area (Å²) < 4.78 is 5.36. The first-order chi connectivity index (χ1) is 10.2. The Labute approximate surface area is 124 Å². The number of nitrogen functional groups attached to an aromatic ring is 1. The Morgan fingerprint density at radius 3 is 2.57 bits per heavy atom. The molecule has 1 aromatic heterocycles. The Bertz CT molecular complexity index is 608. The van der Waals surface area contributed by atoms with Crippen LogP contribution in [0, 0.1) is 6.92 Å². The predicted molar refractivity (Wildman–Crippen MR) is 83.9 cm³/mol. The van der Waals surface area contributed by atoms with Crippen molar-refractivity contribution in [1.82, 2.24) is 9.97 Å². The van der Waals surface area contributed by atoms with Crippen LogP contribution in [-0.2, 0) is 4.74 Å². The van der Waals surface area contributed by atoms with Crippen molar-refractivity contribution in [3.8, 4) is 0 Å². The monoisotopic (exact) mass is 285 g/mol. The molecule has 3 N–H and O–H groups in total. The second kappa shape index (κ2) is 5.97. The summed E-state index contributed by atoms with van der Waals surface area (Å²) in [7, 11) is 0. The van der Waals surface area contributed by atoms with Gasteiger partial charge in [0.2, 0.25) is 5.95 Å². The topological polar surface area (TPSA) is 76.3 Å². The summed E-state index contributed by atoms with van der Waals surface area (Å²) in [5.41, 5.74) is 8.81. The van der Waals surface area contributed by atoms with Gasteiger partial charge in [-0.1, -0.05) is 0 Å². The molecule has 1 saturated heterocycles. The van der Waals surface area contributed by atoms with Crippen LogP contribution in [0.2, 0.25) is 0 Å². The molecule has 2 aromatic rings. The van der Waals surface area contributed by atoms with Gasteiger partial charge in [-0.25, -0.2) is 4.98 Å². The van der Waals surface area contributed by atoms with E-state index in [4.69, 9.17) is 10.5 Å². The number of rotatable bonds is 3. The minimum Gasteiger partial charge on any atom is -0.383 e. The van der Waals surface area contributed by atoms with E-state index in [1.807, 2.05) is 19.1 Å². The Hall–Kier alpha value is -2.34. The van der Waals surface area contributed by atoms with E-state index in [2.05, 4.69) is 32.3 Å². The van der Waals surface area contributed by atoms with E-state index in [1.54, 1.807) is 6.20 Å². The number of morpholine rings is 1. The summed E-state index contributed by atoms with van der Waals surface area (Å²) in [5, 5.41) is 3.16. The summed E-state index contributed by atoms with van der Waals surface area (Å²) in [6, 6.07) is 8.21. The lowest BCUT2D eigenvalue weighted by molar-refractivity contribution is 0.122. The average molecular weight is 285 g/mol. The lowest BCUT2D eigenvalue weighted by atomic mass is 10.2. The second-order valence-electron chi connectivity index (χ2n) is 5.03. The van der Waals surface area contributed by atoms with Crippen molar-refractivity contribution in [1.29, 1.82) is 0 Å². The molecule has 0 spiro atoms. The molecule has 6 heteroatoms. The Kier molecular flexibility index (Phi) is 3.87. The van der Waals surface area contributed by atoms with Crippen LogP contribution in [0.15, 0.2) is 30.5 Å². The van der Waals surface area contributed by atoms with Crippen molar-refractivity contribution < 1.29 is 4.74 Å². The molecule has 1 aliphatic heterocycles. The maximum absolute atomic E-state index is 5.79. The molecular formula is C15H19N5O. The number of nitrogens with two attached hydrogens (primary N) is 1. The van der Waals surface area contributed by atoms with E-state index in [1.165, 1.54) is 5.69 Å². The van der Waals surface area contributed by atoms with Crippen LogP contribution in [-0.4, -0.2) is 36.3 Å². The van der Waals surface area contributed by atoms with Crippen molar-refractivity contribution in [3.63, 3.8) is 0 Å². The molecule has 1 fully saturated rings. The molecule has 0 saturated carbocycles. The quantitative estimate of drug-likeness (QED) is 0.897. The molecule has 0 aliphatic carbocycles. The molecule has 0 amide bonds. The van der Waals surface area contributed by atoms with Crippen LogP contribution < -0.4 is 16.0 Å². The Morgan fingerprint density at radius 2 is 1.90 bits per heavy atom. The number of anilines is 4. The minimum absolute atomic E-state index is 0.498. The van der Waals surface area contributed by atoms with Crippen LogP contribution >= 0.6 is 0 Å². The maximum atomic E-state index is 5.79. The van der Waals surface area contributed by atoms with Gasteiger partial charge in [-0.3, -0.25) is 0 Å². The molecule has 1 aromatic carbocycles. The van der Waals surface area contributed by atoms with E-state index in [9.17, 15) is 0 Å². The number of nitrogens with zero attached hydrogens (tertiary/aromatic N) is 3. The highest BCUT2D eigenvalue weighted by Gasteiger charge is 2.10. The van der Waals surface area contributed by atoms with Gasteiger partial charge in [0, 0.05) is 36.2 Å². The van der Waals surface area contributed by atoms with Crippen LogP contribution in [0.25, 0.3) is 0 Å². The smallest absolute Gasteiger partial charge is 0.229 e. The van der Waals surface area contributed by atoms with Crippen LogP contribution in [0.5, 0.6) is 0 Å². The molecule has 0 bridgehead atoms. The van der Waals surface area contributed by atoms with Gasteiger partial charge in [0.05, 0.1) is 13.2 Å². The van der Waals surface area contributed by atoms with Gasteiger partial charge in [-0.05, 0) is 31.2 Å². The summed E-state index contributed by atoms with van der Waals surface area (Å²) >= 11 is 0. The zero-order valence-electron chi connectivity index (χ0n) is 12.0. The number of hydrogen-bond donors (Lipinski definition) is 2.